The number of carbonyl (C=O) groups is 2. The van der Waals surface area contributed by atoms with Crippen molar-refractivity contribution in [3.63, 3.8) is 0 Å². The number of hydrogen-bond donors (Lipinski definition) is 2. The van der Waals surface area contributed by atoms with E-state index in [9.17, 15) is 9.59 Å². The fourth-order valence-corrected chi connectivity index (χ4v) is 4.04. The van der Waals surface area contributed by atoms with E-state index in [1.807, 2.05) is 6.92 Å². The van der Waals surface area contributed by atoms with E-state index in [2.05, 4.69) is 5.32 Å². The van der Waals surface area contributed by atoms with E-state index < -0.39 is 11.9 Å². The number of nitrogens with one attached hydrogen (secondary N) is 1. The largest absolute Gasteiger partial charge is 0.465 e. The van der Waals surface area contributed by atoms with E-state index >= 15 is 0 Å². The summed E-state index contributed by atoms with van der Waals surface area (Å²) in [5.74, 6) is -0.704. The highest BCUT2D eigenvalue weighted by molar-refractivity contribution is 7.73. The van der Waals surface area contributed by atoms with Crippen molar-refractivity contribution in [2.24, 2.45) is 0 Å². The van der Waals surface area contributed by atoms with Gasteiger partial charge in [-0.3, -0.25) is 9.36 Å². The van der Waals surface area contributed by atoms with Crippen LogP contribution in [0.25, 0.3) is 5.69 Å². The van der Waals surface area contributed by atoms with Crippen molar-refractivity contribution < 1.29 is 14.3 Å². The topological polar surface area (TPSA) is 86.3 Å². The highest BCUT2D eigenvalue weighted by atomic mass is 35.5. The first-order valence-electron chi connectivity index (χ1n) is 8.10. The smallest absolute Gasteiger partial charge is 0.337 e. The highest BCUT2D eigenvalue weighted by Crippen LogP contribution is 2.30. The molecule has 0 radical (unpaired) electrons. The summed E-state index contributed by atoms with van der Waals surface area (Å²) < 4.78 is 6.72. The second-order valence-electron chi connectivity index (χ2n) is 5.84. The Balaban J connectivity index is 2.04. The maximum Gasteiger partial charge on any atom is 0.337 e. The van der Waals surface area contributed by atoms with Crippen LogP contribution in [0.3, 0.4) is 0 Å². The average Bonchev–Trinajstić information content (AvgIpc) is 2.97. The molecule has 0 aliphatic carbocycles. The zero-order valence-electron chi connectivity index (χ0n) is 15.0. The van der Waals surface area contributed by atoms with Crippen molar-refractivity contribution in [2.75, 3.05) is 18.2 Å². The Kier molecular flexibility index (Phi) is 5.83. The van der Waals surface area contributed by atoms with Gasteiger partial charge in [-0.15, -0.1) is 0 Å². The molecule has 1 amide bonds. The van der Waals surface area contributed by atoms with Crippen LogP contribution in [-0.2, 0) is 4.74 Å². The first kappa shape index (κ1) is 20.1. The van der Waals surface area contributed by atoms with E-state index in [1.54, 1.807) is 47.0 Å². The first-order valence-corrected chi connectivity index (χ1v) is 9.70. The molecule has 2 aromatic carbocycles. The summed E-state index contributed by atoms with van der Waals surface area (Å²) in [7, 11) is 1.31. The van der Waals surface area contributed by atoms with Crippen LogP contribution in [0.4, 0.5) is 11.5 Å². The number of amides is 1. The Labute approximate surface area is 175 Å². The molecule has 0 atom stereocenters. The zero-order valence-corrected chi connectivity index (χ0v) is 17.4. The molecule has 0 saturated carbocycles. The summed E-state index contributed by atoms with van der Waals surface area (Å²) in [5.41, 5.74) is 8.54. The van der Waals surface area contributed by atoms with Crippen molar-refractivity contribution in [3.05, 3.63) is 67.4 Å². The van der Waals surface area contributed by atoms with Gasteiger partial charge >= 0.3 is 5.97 Å². The minimum absolute atomic E-state index is 0.185. The Morgan fingerprint density at radius 2 is 1.96 bits per heavy atom. The van der Waals surface area contributed by atoms with Gasteiger partial charge in [0.15, 0.2) is 3.95 Å². The number of hydrogen-bond acceptors (Lipinski definition) is 6. The summed E-state index contributed by atoms with van der Waals surface area (Å²) >= 11 is 12.6. The van der Waals surface area contributed by atoms with E-state index in [0.717, 1.165) is 16.9 Å². The van der Waals surface area contributed by atoms with Gasteiger partial charge < -0.3 is 15.8 Å². The molecule has 0 fully saturated rings. The van der Waals surface area contributed by atoms with Crippen molar-refractivity contribution in [2.45, 2.75) is 6.92 Å². The van der Waals surface area contributed by atoms with Gasteiger partial charge in [0.05, 0.1) is 29.1 Å². The zero-order chi connectivity index (χ0) is 20.4. The van der Waals surface area contributed by atoms with Gasteiger partial charge in [0.1, 0.15) is 10.7 Å². The molecule has 0 aliphatic heterocycles. The summed E-state index contributed by atoms with van der Waals surface area (Å²) in [6.45, 7) is 1.86. The molecule has 0 bridgehead atoms. The number of rotatable bonds is 4. The minimum Gasteiger partial charge on any atom is -0.465 e. The Bertz CT molecular complexity index is 1140. The molecular formula is C19H16ClN3O3S2. The third-order valence-corrected chi connectivity index (χ3v) is 5.76. The third-order valence-electron chi connectivity index (χ3n) is 4.04. The number of halogens is 1. The molecule has 0 aliphatic rings. The number of benzene rings is 2. The molecule has 28 heavy (non-hydrogen) atoms. The van der Waals surface area contributed by atoms with Crippen molar-refractivity contribution in [1.29, 1.82) is 0 Å². The number of ether oxygens (including phenoxy) is 1. The lowest BCUT2D eigenvalue weighted by atomic mass is 10.1. The van der Waals surface area contributed by atoms with Gasteiger partial charge in [-0.2, -0.15) is 0 Å². The van der Waals surface area contributed by atoms with Crippen molar-refractivity contribution in [3.8, 4) is 5.69 Å². The number of methoxy groups -OCH3 is 1. The lowest BCUT2D eigenvalue weighted by molar-refractivity contribution is 0.0600. The van der Waals surface area contributed by atoms with Gasteiger partial charge in [-0.05, 0) is 49.0 Å². The number of carbonyl (C=O) groups excluding carboxylic acids is 2. The molecule has 9 heteroatoms. The van der Waals surface area contributed by atoms with Crippen LogP contribution in [0.5, 0.6) is 0 Å². The summed E-state index contributed by atoms with van der Waals surface area (Å²) in [6.07, 6.45) is 0. The van der Waals surface area contributed by atoms with E-state index in [-0.39, 0.29) is 10.7 Å². The predicted octanol–water partition coefficient (Wildman–Crippen LogP) is 4.85. The molecule has 144 valence electrons. The van der Waals surface area contributed by atoms with Crippen molar-refractivity contribution >= 4 is 58.5 Å². The van der Waals surface area contributed by atoms with Crippen LogP contribution in [0.2, 0.25) is 5.02 Å². The number of nitrogens with zero attached hydrogens (tertiary/aromatic N) is 1. The Morgan fingerprint density at radius 3 is 2.64 bits per heavy atom. The SMILES string of the molecule is COC(=O)c1ccc(C)c(-n2c(N)c(C(=O)Nc3ccccc3Cl)sc2=S)c1. The highest BCUT2D eigenvalue weighted by Gasteiger charge is 2.20. The average molecular weight is 434 g/mol. The lowest BCUT2D eigenvalue weighted by Crippen LogP contribution is -2.14. The molecule has 0 saturated heterocycles. The number of thiazole rings is 1. The maximum atomic E-state index is 12.7. The van der Waals surface area contributed by atoms with Crippen LogP contribution in [0.1, 0.15) is 25.6 Å². The van der Waals surface area contributed by atoms with Crippen LogP contribution in [0.15, 0.2) is 42.5 Å². The predicted molar refractivity (Wildman–Crippen MR) is 114 cm³/mol. The normalized spacial score (nSPS) is 10.5. The number of nitrogens with two attached hydrogens (primary N) is 1. The fourth-order valence-electron chi connectivity index (χ4n) is 2.61. The second kappa shape index (κ2) is 8.14. The molecule has 3 N–H and O–H groups in total. The van der Waals surface area contributed by atoms with E-state index in [0.29, 0.717) is 25.9 Å². The molecular weight excluding hydrogens is 418 g/mol. The number of aryl methyl sites for hydroxylation is 1. The van der Waals surface area contributed by atoms with Crippen molar-refractivity contribution in [1.82, 2.24) is 4.57 Å². The number of anilines is 2. The number of para-hydroxylation sites is 1. The van der Waals surface area contributed by atoms with Gasteiger partial charge in [0.2, 0.25) is 0 Å². The monoisotopic (exact) mass is 433 g/mol. The van der Waals surface area contributed by atoms with Gasteiger partial charge in [0, 0.05) is 0 Å². The Hall–Kier alpha value is -2.68. The van der Waals surface area contributed by atoms with E-state index in [1.165, 1.54) is 7.11 Å². The lowest BCUT2D eigenvalue weighted by Gasteiger charge is -2.11. The first-order chi connectivity index (χ1) is 13.3. The molecule has 1 aromatic heterocycles. The molecule has 1 heterocycles. The number of nitrogen functional groups attached to an aromatic ring is 1. The minimum atomic E-state index is -0.474. The maximum absolute atomic E-state index is 12.7. The quantitative estimate of drug-likeness (QED) is 0.453. The Morgan fingerprint density at radius 1 is 1.25 bits per heavy atom. The molecule has 3 aromatic rings. The molecule has 6 nitrogen and oxygen atoms in total. The fraction of sp³-hybridized carbons (Fsp3) is 0.105. The number of aromatic nitrogens is 1. The van der Waals surface area contributed by atoms with Gasteiger partial charge in [-0.1, -0.05) is 41.1 Å². The van der Waals surface area contributed by atoms with Gasteiger partial charge in [-0.25, -0.2) is 4.79 Å². The van der Waals surface area contributed by atoms with E-state index in [4.69, 9.17) is 34.3 Å². The summed E-state index contributed by atoms with van der Waals surface area (Å²) in [5, 5.41) is 3.15. The van der Waals surface area contributed by atoms with Crippen LogP contribution >= 0.6 is 35.2 Å². The third kappa shape index (κ3) is 3.80. The second-order valence-corrected chi connectivity index (χ2v) is 7.90. The van der Waals surface area contributed by atoms with Crippen LogP contribution < -0.4 is 11.1 Å². The molecule has 3 rings (SSSR count). The standard InChI is InChI=1S/C19H16ClN3O3S2/c1-10-7-8-11(18(25)26-2)9-14(10)23-16(21)15(28-19(23)27)17(24)22-13-6-4-3-5-12(13)20/h3-9H,21H2,1-2H3,(H,22,24). The van der Waals surface area contributed by atoms with Crippen LogP contribution in [0, 0.1) is 10.9 Å². The summed E-state index contributed by atoms with van der Waals surface area (Å²) in [4.78, 5) is 24.8. The van der Waals surface area contributed by atoms with Crippen LogP contribution in [-0.4, -0.2) is 23.6 Å². The molecule has 0 spiro atoms. The number of esters is 1. The van der Waals surface area contributed by atoms with Gasteiger partial charge in [0.25, 0.3) is 5.91 Å². The molecule has 0 unspecified atom stereocenters. The summed E-state index contributed by atoms with van der Waals surface area (Å²) in [6, 6.07) is 12.0.